The fraction of sp³-hybridized carbons (Fsp3) is 0.667. The molecule has 4 N–H and O–H groups in total. The van der Waals surface area contributed by atoms with Crippen LogP contribution in [0.4, 0.5) is 100.0 Å². The number of anilines is 2. The highest BCUT2D eigenvalue weighted by molar-refractivity contribution is 5.75. The Morgan fingerprint density at radius 1 is 0.600 bits per heavy atom. The molecule has 2 aromatic carbocycles. The summed E-state index contributed by atoms with van der Waals surface area (Å²) >= 11 is 0. The van der Waals surface area contributed by atoms with Crippen molar-refractivity contribution >= 4 is 35.5 Å². The number of nitrogens with one attached hydrogen (secondary N) is 2. The summed E-state index contributed by atoms with van der Waals surface area (Å²) in [7, 11) is 0. The Bertz CT molecular complexity index is 2510. The number of hydrogen-bond donors (Lipinski definition) is 4. The molecule has 2 spiro atoms. The SMILES string of the molecule is CC(CCNc1cc(C(F)(F)F)ccc1CN1CCCC12CCN(C(=O)OC(C(F)(F)F)C(F)(F)F)CC2)(CC1CN(Cc2ccc(C(F)(F)F)cc2NCC(=O)O)C2(CCN(C(=O)OC(C(F)(F)F)C(F)(F)F)CC2)C1)C(=O)O. The molecule has 6 rings (SSSR count). The molecule has 0 aromatic heterocycles. The second-order valence-electron chi connectivity index (χ2n) is 20.8. The van der Waals surface area contributed by atoms with Crippen LogP contribution < -0.4 is 10.6 Å². The number of likely N-dealkylation sites (tertiary alicyclic amines) is 4. The van der Waals surface area contributed by atoms with Crippen LogP contribution in [0.3, 0.4) is 0 Å². The first-order chi connectivity index (χ1) is 36.7. The van der Waals surface area contributed by atoms with Gasteiger partial charge in [0.05, 0.1) is 16.5 Å². The predicted octanol–water partition coefficient (Wildman–Crippen LogP) is 11.6. The molecule has 0 radical (unpaired) electrons. The van der Waals surface area contributed by atoms with Crippen LogP contribution in [0.1, 0.15) is 87.0 Å². The minimum Gasteiger partial charge on any atom is -0.481 e. The van der Waals surface area contributed by atoms with Gasteiger partial charge in [0.2, 0.25) is 0 Å². The molecule has 2 atom stereocenters. The van der Waals surface area contributed by atoms with Gasteiger partial charge in [-0.25, -0.2) is 9.59 Å². The number of amides is 2. The van der Waals surface area contributed by atoms with Crippen molar-refractivity contribution in [2.75, 3.05) is 63.0 Å². The van der Waals surface area contributed by atoms with Crippen molar-refractivity contribution in [3.63, 3.8) is 0 Å². The summed E-state index contributed by atoms with van der Waals surface area (Å²) in [6, 6.07) is 5.19. The van der Waals surface area contributed by atoms with E-state index in [1.807, 2.05) is 4.90 Å². The van der Waals surface area contributed by atoms with Crippen LogP contribution in [-0.4, -0.2) is 154 Å². The van der Waals surface area contributed by atoms with Gasteiger partial charge >= 0.3 is 61.2 Å². The lowest BCUT2D eigenvalue weighted by Gasteiger charge is -2.45. The van der Waals surface area contributed by atoms with Gasteiger partial charge in [0, 0.05) is 74.8 Å². The number of hydrogen-bond acceptors (Lipinski definition) is 10. The van der Waals surface area contributed by atoms with Gasteiger partial charge in [-0.05, 0) is 113 Å². The summed E-state index contributed by atoms with van der Waals surface area (Å²) in [5.41, 5.74) is -5.95. The molecule has 4 aliphatic heterocycles. The molecule has 4 saturated heterocycles. The second kappa shape index (κ2) is 23.2. The third kappa shape index (κ3) is 15.2. The van der Waals surface area contributed by atoms with Gasteiger partial charge in [0.25, 0.3) is 12.2 Å². The lowest BCUT2D eigenvalue weighted by Crippen LogP contribution is -2.54. The molecule has 4 aliphatic rings. The van der Waals surface area contributed by atoms with Gasteiger partial charge in [-0.2, -0.15) is 79.0 Å². The zero-order valence-electron chi connectivity index (χ0n) is 42.1. The van der Waals surface area contributed by atoms with E-state index in [0.29, 0.717) is 41.3 Å². The van der Waals surface area contributed by atoms with Gasteiger partial charge in [0.15, 0.2) is 0 Å². The average molecular weight is 1180 g/mol. The highest BCUT2D eigenvalue weighted by Crippen LogP contribution is 2.48. The summed E-state index contributed by atoms with van der Waals surface area (Å²) in [4.78, 5) is 54.8. The Labute approximate surface area is 443 Å². The highest BCUT2D eigenvalue weighted by atomic mass is 19.4. The summed E-state index contributed by atoms with van der Waals surface area (Å²) < 4.78 is 250. The van der Waals surface area contributed by atoms with E-state index in [1.54, 1.807) is 4.90 Å². The molecule has 2 unspecified atom stereocenters. The molecular weight excluding hydrogens is 1130 g/mol. The number of ether oxygens (including phenoxy) is 2. The smallest absolute Gasteiger partial charge is 0.434 e. The van der Waals surface area contributed by atoms with Crippen LogP contribution in [0, 0.1) is 11.3 Å². The third-order valence-corrected chi connectivity index (χ3v) is 15.4. The van der Waals surface area contributed by atoms with E-state index in [0.717, 1.165) is 18.2 Å². The van der Waals surface area contributed by atoms with Crippen molar-refractivity contribution in [3.05, 3.63) is 58.7 Å². The number of carbonyl (C=O) groups excluding carboxylic acids is 2. The summed E-state index contributed by atoms with van der Waals surface area (Å²) in [5.74, 6) is -3.51. The number of nitrogens with zero attached hydrogens (tertiary/aromatic N) is 4. The fourth-order valence-electron chi connectivity index (χ4n) is 11.2. The maximum atomic E-state index is 14.2. The third-order valence-electron chi connectivity index (χ3n) is 15.4. The number of carboxylic acids is 2. The average Bonchev–Trinajstić information content (AvgIpc) is 3.85. The second-order valence-corrected chi connectivity index (χ2v) is 20.8. The van der Waals surface area contributed by atoms with Gasteiger partial charge in [0.1, 0.15) is 6.54 Å². The number of rotatable bonds is 16. The summed E-state index contributed by atoms with van der Waals surface area (Å²) in [6.45, 7) is -1.53. The molecule has 0 saturated carbocycles. The standard InChI is InChI=1S/C48H54F18N6O8/c1-40(37(75)76,8-13-67-32-19-30(43(49,50)51)5-3-28(32)25-71-14-2-7-41(71)9-15-69(16-10-41)38(77)79-35(45(55,56)57)46(58,59)60)21-27-22-42(11-17-70(18-12-42)39(78)80-36(47(61,62)63)48(64,65)66)72(24-27)26-29-4-6-31(44(52,53)54)20-33(29)68-23-34(73)74/h3-6,19-20,27,35-36,67-68H,2,7-18,21-26H2,1H3,(H,73,74)(H,75,76). The van der Waals surface area contributed by atoms with E-state index in [1.165, 1.54) is 13.0 Å². The predicted molar refractivity (Wildman–Crippen MR) is 242 cm³/mol. The minimum absolute atomic E-state index is 0.0350. The van der Waals surface area contributed by atoms with Gasteiger partial charge in [-0.15, -0.1) is 0 Å². The van der Waals surface area contributed by atoms with E-state index in [-0.39, 0.29) is 107 Å². The lowest BCUT2D eigenvalue weighted by atomic mass is 9.75. The number of alkyl halides is 18. The van der Waals surface area contributed by atoms with E-state index in [2.05, 4.69) is 20.1 Å². The Balaban J connectivity index is 1.20. The Kier molecular flexibility index (Phi) is 18.4. The molecular formula is C48H54F18N6O8. The minimum atomic E-state index is -6.04. The van der Waals surface area contributed by atoms with Crippen LogP contribution >= 0.6 is 0 Å². The zero-order chi connectivity index (χ0) is 59.8. The largest absolute Gasteiger partial charge is 0.481 e. The van der Waals surface area contributed by atoms with Gasteiger partial charge in [-0.3, -0.25) is 19.4 Å². The number of piperidine rings is 2. The van der Waals surface area contributed by atoms with Crippen molar-refractivity contribution in [2.24, 2.45) is 11.3 Å². The molecule has 2 amide bonds. The first-order valence-corrected chi connectivity index (χ1v) is 24.7. The molecule has 450 valence electrons. The van der Waals surface area contributed by atoms with Crippen molar-refractivity contribution in [1.29, 1.82) is 0 Å². The quantitative estimate of drug-likeness (QED) is 0.118. The number of benzene rings is 2. The fourth-order valence-corrected chi connectivity index (χ4v) is 11.2. The highest BCUT2D eigenvalue weighted by Gasteiger charge is 2.62. The molecule has 80 heavy (non-hydrogen) atoms. The van der Waals surface area contributed by atoms with Gasteiger partial charge in [-0.1, -0.05) is 12.1 Å². The molecule has 32 heteroatoms. The summed E-state index contributed by atoms with van der Waals surface area (Å²) in [6.07, 6.45) is -46.2. The van der Waals surface area contributed by atoms with Crippen molar-refractivity contribution in [3.8, 4) is 0 Å². The monoisotopic (exact) mass is 1180 g/mol. The van der Waals surface area contributed by atoms with E-state index >= 15 is 0 Å². The van der Waals surface area contributed by atoms with Crippen molar-refractivity contribution in [2.45, 2.75) is 138 Å². The number of aliphatic carboxylic acids is 2. The topological polar surface area (TPSA) is 164 Å². The van der Waals surface area contributed by atoms with E-state index < -0.39 is 127 Å². The van der Waals surface area contributed by atoms with Crippen LogP contribution in [-0.2, 0) is 44.5 Å². The normalized spacial score (nSPS) is 20.4. The maximum Gasteiger partial charge on any atom is 0.434 e. The number of carboxylic acid groups (broad SMARTS) is 2. The molecule has 4 heterocycles. The van der Waals surface area contributed by atoms with Crippen molar-refractivity contribution < 1.29 is 118 Å². The molecule has 0 bridgehead atoms. The first-order valence-electron chi connectivity index (χ1n) is 24.7. The summed E-state index contributed by atoms with van der Waals surface area (Å²) in [5, 5.41) is 25.4. The van der Waals surface area contributed by atoms with Crippen molar-refractivity contribution in [1.82, 2.24) is 19.6 Å². The molecule has 2 aromatic rings. The lowest BCUT2D eigenvalue weighted by molar-refractivity contribution is -0.309. The van der Waals surface area contributed by atoms with E-state index in [9.17, 15) is 108 Å². The van der Waals surface area contributed by atoms with Crippen LogP contribution in [0.5, 0.6) is 0 Å². The Hall–Kier alpha value is -5.82. The molecule has 4 fully saturated rings. The van der Waals surface area contributed by atoms with Gasteiger partial charge < -0.3 is 40.1 Å². The van der Waals surface area contributed by atoms with E-state index in [4.69, 9.17) is 0 Å². The Morgan fingerprint density at radius 2 is 1.02 bits per heavy atom. The number of halogens is 18. The van der Waals surface area contributed by atoms with Crippen LogP contribution in [0.2, 0.25) is 0 Å². The maximum absolute atomic E-state index is 14.2. The van der Waals surface area contributed by atoms with Crippen LogP contribution in [0.15, 0.2) is 36.4 Å². The first kappa shape index (κ1) is 63.4. The zero-order valence-corrected chi connectivity index (χ0v) is 42.1. The molecule has 14 nitrogen and oxygen atoms in total. The number of carbonyl (C=O) groups is 4. The molecule has 0 aliphatic carbocycles. The Morgan fingerprint density at radius 3 is 1.44 bits per heavy atom. The van der Waals surface area contributed by atoms with Crippen LogP contribution in [0.25, 0.3) is 0 Å².